The summed E-state index contributed by atoms with van der Waals surface area (Å²) in [5, 5.41) is 0. The van der Waals surface area contributed by atoms with Gasteiger partial charge in [0, 0.05) is 0 Å². The Balaban J connectivity index is 6.05. The lowest BCUT2D eigenvalue weighted by Gasteiger charge is -2.35. The standard InChI is InChI=1S/C11F22O5/c12-1(13)2(14)34-3(15,16)4(17,18)35-5(19,20)6(21,22)36-7(23,24)8(25,26)37-9(27,28)10(29,30)38-11(31,32)33. The molecule has 0 unspecified atom stereocenters. The van der Waals surface area contributed by atoms with Crippen LogP contribution in [-0.2, 0) is 23.7 Å². The third-order valence-electron chi connectivity index (χ3n) is 2.73. The summed E-state index contributed by atoms with van der Waals surface area (Å²) >= 11 is 0. The molecule has 0 aromatic carbocycles. The SMILES string of the molecule is FC(F)=C(F)OC(F)(F)C(F)(F)OC(F)(F)C(F)(F)OC(F)(F)C(F)(F)OC(F)(F)C(F)(F)OC(F)(F)F. The molecule has 38 heavy (non-hydrogen) atoms. The highest BCUT2D eigenvalue weighted by Crippen LogP contribution is 2.52. The van der Waals surface area contributed by atoms with Crippen molar-refractivity contribution >= 4 is 0 Å². The van der Waals surface area contributed by atoms with E-state index in [0.29, 0.717) is 0 Å². The second-order valence-corrected chi connectivity index (χ2v) is 5.62. The van der Waals surface area contributed by atoms with Crippen molar-refractivity contribution in [1.29, 1.82) is 0 Å². The highest BCUT2D eigenvalue weighted by molar-refractivity contribution is 4.85. The van der Waals surface area contributed by atoms with E-state index in [0.717, 1.165) is 0 Å². The predicted octanol–water partition coefficient (Wildman–Crippen LogP) is 7.37. The molecule has 27 heteroatoms. The van der Waals surface area contributed by atoms with Crippen LogP contribution in [0.5, 0.6) is 0 Å². The van der Waals surface area contributed by atoms with Crippen molar-refractivity contribution in [2.75, 3.05) is 0 Å². The smallest absolute Gasteiger partial charge is 0.396 e. The topological polar surface area (TPSA) is 46.2 Å². The van der Waals surface area contributed by atoms with Crippen LogP contribution in [0, 0.1) is 0 Å². The van der Waals surface area contributed by atoms with Gasteiger partial charge in [0.05, 0.1) is 0 Å². The lowest BCUT2D eigenvalue weighted by atomic mass is 10.4. The Morgan fingerprint density at radius 2 is 0.526 bits per heavy atom. The monoisotopic (exact) mass is 630 g/mol. The summed E-state index contributed by atoms with van der Waals surface area (Å²) in [5.74, 6) is 0. The number of halogens is 22. The molecule has 0 atom stereocenters. The Bertz CT molecular complexity index is 856. The minimum Gasteiger partial charge on any atom is -0.396 e. The molecule has 0 heterocycles. The summed E-state index contributed by atoms with van der Waals surface area (Å²) in [6.07, 6.45) is -72.1. The highest BCUT2D eigenvalue weighted by atomic mass is 19.4. The summed E-state index contributed by atoms with van der Waals surface area (Å²) < 4.78 is 284. The first-order chi connectivity index (χ1) is 16.2. The van der Waals surface area contributed by atoms with Gasteiger partial charge in [0.2, 0.25) is 0 Å². The zero-order valence-electron chi connectivity index (χ0n) is 15.9. The van der Waals surface area contributed by atoms with E-state index in [1.807, 2.05) is 0 Å². The first-order valence-corrected chi connectivity index (χ1v) is 7.45. The van der Waals surface area contributed by atoms with Gasteiger partial charge in [-0.2, -0.15) is 83.4 Å². The van der Waals surface area contributed by atoms with Crippen LogP contribution in [0.25, 0.3) is 0 Å². The van der Waals surface area contributed by atoms with Gasteiger partial charge in [-0.3, -0.25) is 0 Å². The Morgan fingerprint density at radius 1 is 0.316 bits per heavy atom. The maximum absolute atomic E-state index is 13.1. The van der Waals surface area contributed by atoms with E-state index in [4.69, 9.17) is 0 Å². The molecule has 228 valence electrons. The third-order valence-corrected chi connectivity index (χ3v) is 2.73. The molecule has 0 spiro atoms. The molecule has 0 bridgehead atoms. The minimum atomic E-state index is -7.92. The van der Waals surface area contributed by atoms with Crippen molar-refractivity contribution in [3.05, 3.63) is 12.1 Å². The van der Waals surface area contributed by atoms with E-state index in [-0.39, 0.29) is 0 Å². The van der Waals surface area contributed by atoms with E-state index >= 15 is 0 Å². The molecule has 5 nitrogen and oxygen atoms in total. The van der Waals surface area contributed by atoms with Crippen LogP contribution in [0.1, 0.15) is 0 Å². The van der Waals surface area contributed by atoms with Crippen LogP contribution in [0.3, 0.4) is 0 Å². The maximum atomic E-state index is 13.1. The largest absolute Gasteiger partial charge is 0.527 e. The van der Waals surface area contributed by atoms with E-state index in [1.165, 1.54) is 18.9 Å². The van der Waals surface area contributed by atoms with E-state index in [9.17, 15) is 96.6 Å². The van der Waals surface area contributed by atoms with Crippen molar-refractivity contribution in [2.45, 2.75) is 55.2 Å². The van der Waals surface area contributed by atoms with Gasteiger partial charge in [0.1, 0.15) is 0 Å². The summed E-state index contributed by atoms with van der Waals surface area (Å²) in [4.78, 5) is 0. The Hall–Kier alpha value is -2.16. The first-order valence-electron chi connectivity index (χ1n) is 7.45. The van der Waals surface area contributed by atoms with Gasteiger partial charge in [0.25, 0.3) is 0 Å². The zero-order chi connectivity index (χ0) is 31.2. The fourth-order valence-electron chi connectivity index (χ4n) is 1.25. The molecule has 0 fully saturated rings. The molecule has 0 rings (SSSR count). The van der Waals surface area contributed by atoms with Gasteiger partial charge >= 0.3 is 67.3 Å². The van der Waals surface area contributed by atoms with Gasteiger partial charge in [-0.05, 0) is 0 Å². The summed E-state index contributed by atoms with van der Waals surface area (Å²) in [7, 11) is 0. The quantitative estimate of drug-likeness (QED) is 0.157. The number of ether oxygens (including phenoxy) is 5. The van der Waals surface area contributed by atoms with Crippen molar-refractivity contribution in [3.8, 4) is 0 Å². The third kappa shape index (κ3) is 8.17. The van der Waals surface area contributed by atoms with Crippen LogP contribution < -0.4 is 0 Å². The van der Waals surface area contributed by atoms with Crippen LogP contribution in [0.15, 0.2) is 12.1 Å². The van der Waals surface area contributed by atoms with Gasteiger partial charge in [-0.15, -0.1) is 13.2 Å². The maximum Gasteiger partial charge on any atom is 0.527 e. The minimum absolute atomic E-state index is 1.21. The molecular weight excluding hydrogens is 630 g/mol. The molecule has 0 N–H and O–H groups in total. The normalized spacial score (nSPS) is 15.5. The number of hydrogen-bond donors (Lipinski definition) is 0. The van der Waals surface area contributed by atoms with E-state index < -0.39 is 67.3 Å². The van der Waals surface area contributed by atoms with Gasteiger partial charge in [-0.1, -0.05) is 0 Å². The van der Waals surface area contributed by atoms with Crippen molar-refractivity contribution in [3.63, 3.8) is 0 Å². The Morgan fingerprint density at radius 3 is 0.737 bits per heavy atom. The fourth-order valence-corrected chi connectivity index (χ4v) is 1.25. The van der Waals surface area contributed by atoms with Crippen LogP contribution in [0.4, 0.5) is 96.6 Å². The number of alkyl halides is 19. The summed E-state index contributed by atoms with van der Waals surface area (Å²) in [6.45, 7) is 0. The summed E-state index contributed by atoms with van der Waals surface area (Å²) in [6, 6.07) is -4.00. The average Bonchev–Trinajstić information content (AvgIpc) is 2.55. The van der Waals surface area contributed by atoms with Gasteiger partial charge in [0.15, 0.2) is 0 Å². The summed E-state index contributed by atoms with van der Waals surface area (Å²) in [5.41, 5.74) is 0. The highest BCUT2D eigenvalue weighted by Gasteiger charge is 2.78. The molecule has 0 aliphatic heterocycles. The molecule has 0 amide bonds. The van der Waals surface area contributed by atoms with Crippen molar-refractivity contribution in [2.24, 2.45) is 0 Å². The molecule has 0 saturated carbocycles. The zero-order valence-corrected chi connectivity index (χ0v) is 15.9. The Kier molecular flexibility index (Phi) is 9.53. The van der Waals surface area contributed by atoms with Crippen LogP contribution >= 0.6 is 0 Å². The lowest BCUT2D eigenvalue weighted by molar-refractivity contribution is -0.586. The fraction of sp³-hybridized carbons (Fsp3) is 0.818. The molecule has 0 aliphatic rings. The van der Waals surface area contributed by atoms with Gasteiger partial charge < -0.3 is 4.74 Å². The second kappa shape index (κ2) is 10.1. The Labute approximate surface area is 189 Å². The average molecular weight is 630 g/mol. The van der Waals surface area contributed by atoms with E-state index in [2.05, 4.69) is 0 Å². The van der Waals surface area contributed by atoms with Crippen molar-refractivity contribution in [1.82, 2.24) is 0 Å². The molecule has 0 saturated heterocycles. The predicted molar refractivity (Wildman–Crippen MR) is 61.4 cm³/mol. The molecule has 0 aromatic heterocycles. The molecular formula is C11F22O5. The molecule has 0 aromatic rings. The van der Waals surface area contributed by atoms with Gasteiger partial charge in [-0.25, -0.2) is 18.9 Å². The van der Waals surface area contributed by atoms with Crippen LogP contribution in [0.2, 0.25) is 0 Å². The van der Waals surface area contributed by atoms with E-state index in [1.54, 1.807) is 4.74 Å². The van der Waals surface area contributed by atoms with Crippen LogP contribution in [-0.4, -0.2) is 55.2 Å². The number of rotatable bonds is 13. The second-order valence-electron chi connectivity index (χ2n) is 5.62. The van der Waals surface area contributed by atoms with Crippen molar-refractivity contribution < 1.29 is 120 Å². The first kappa shape index (κ1) is 35.8. The molecule has 0 aliphatic carbocycles. The lowest BCUT2D eigenvalue weighted by Crippen LogP contribution is -2.60. The molecule has 0 radical (unpaired) electrons. The number of hydrogen-bond acceptors (Lipinski definition) is 5.